The summed E-state index contributed by atoms with van der Waals surface area (Å²) in [5.41, 5.74) is -0.262. The van der Waals surface area contributed by atoms with Crippen molar-refractivity contribution in [2.75, 3.05) is 5.32 Å². The van der Waals surface area contributed by atoms with Gasteiger partial charge in [0.25, 0.3) is 11.5 Å². The first kappa shape index (κ1) is 15.6. The molecule has 1 aromatic carbocycles. The predicted octanol–water partition coefficient (Wildman–Crippen LogP) is 1.31. The van der Waals surface area contributed by atoms with Crippen LogP contribution < -0.4 is 16.6 Å². The number of hydrogen-bond donors (Lipinski definition) is 3. The van der Waals surface area contributed by atoms with Crippen molar-refractivity contribution in [2.24, 2.45) is 0 Å². The van der Waals surface area contributed by atoms with Crippen LogP contribution in [0.2, 0.25) is 0 Å². The third-order valence-corrected chi connectivity index (χ3v) is 3.90. The molecule has 4 rings (SSSR count). The summed E-state index contributed by atoms with van der Waals surface area (Å²) in [5.74, 6) is -0.196. The molecule has 130 valence electrons. The Morgan fingerprint density at radius 1 is 1.27 bits per heavy atom. The predicted molar refractivity (Wildman–Crippen MR) is 93.2 cm³/mol. The number of hydrogen-bond acceptors (Lipinski definition) is 5. The zero-order valence-electron chi connectivity index (χ0n) is 13.4. The monoisotopic (exact) mass is 351 g/mol. The molecule has 3 N–H and O–H groups in total. The standard InChI is InChI=1S/C17H13N5O4/c23-15(20-11-4-3-10-7-19-21-14(10)6-11)13-8-18-17(25)22(16(13)24)9-12-2-1-5-26-12/h1-8H,9H2,(H,18,25)(H,19,21)(H,20,23). The van der Waals surface area contributed by atoms with Gasteiger partial charge in [-0.15, -0.1) is 0 Å². The fraction of sp³-hybridized carbons (Fsp3) is 0.0588. The van der Waals surface area contributed by atoms with Crippen molar-refractivity contribution >= 4 is 22.5 Å². The number of nitrogens with one attached hydrogen (secondary N) is 3. The number of aromatic amines is 2. The lowest BCUT2D eigenvalue weighted by molar-refractivity contribution is 0.102. The molecule has 0 radical (unpaired) electrons. The van der Waals surface area contributed by atoms with Gasteiger partial charge in [0, 0.05) is 17.3 Å². The number of carbonyl (C=O) groups is 1. The third-order valence-electron chi connectivity index (χ3n) is 3.90. The highest BCUT2D eigenvalue weighted by Crippen LogP contribution is 2.16. The number of H-pyrrole nitrogens is 2. The Bertz CT molecular complexity index is 1200. The van der Waals surface area contributed by atoms with E-state index in [0.29, 0.717) is 11.4 Å². The number of nitrogens with zero attached hydrogens (tertiary/aromatic N) is 2. The summed E-state index contributed by atoms with van der Waals surface area (Å²) in [6.45, 7) is -0.0671. The van der Waals surface area contributed by atoms with E-state index in [1.165, 1.54) is 6.26 Å². The van der Waals surface area contributed by atoms with Crippen molar-refractivity contribution in [3.8, 4) is 0 Å². The fourth-order valence-electron chi connectivity index (χ4n) is 2.59. The number of anilines is 1. The first-order chi connectivity index (χ1) is 12.6. The Morgan fingerprint density at radius 2 is 2.15 bits per heavy atom. The lowest BCUT2D eigenvalue weighted by Gasteiger charge is -2.07. The highest BCUT2D eigenvalue weighted by atomic mass is 16.3. The van der Waals surface area contributed by atoms with E-state index in [-0.39, 0.29) is 12.1 Å². The zero-order chi connectivity index (χ0) is 18.1. The van der Waals surface area contributed by atoms with E-state index < -0.39 is 17.2 Å². The molecule has 1 amide bonds. The van der Waals surface area contributed by atoms with Gasteiger partial charge in [0.1, 0.15) is 11.3 Å². The Morgan fingerprint density at radius 3 is 2.96 bits per heavy atom. The van der Waals surface area contributed by atoms with Crippen LogP contribution in [-0.2, 0) is 6.54 Å². The van der Waals surface area contributed by atoms with Gasteiger partial charge in [-0.1, -0.05) is 0 Å². The highest BCUT2D eigenvalue weighted by molar-refractivity contribution is 6.04. The molecule has 0 atom stereocenters. The minimum Gasteiger partial charge on any atom is -0.467 e. The van der Waals surface area contributed by atoms with Crippen LogP contribution in [0.5, 0.6) is 0 Å². The van der Waals surface area contributed by atoms with Gasteiger partial charge in [-0.25, -0.2) is 4.79 Å². The van der Waals surface area contributed by atoms with E-state index in [2.05, 4.69) is 20.5 Å². The van der Waals surface area contributed by atoms with Gasteiger partial charge in [0.05, 0.1) is 24.5 Å². The summed E-state index contributed by atoms with van der Waals surface area (Å²) in [5, 5.41) is 10.2. The summed E-state index contributed by atoms with van der Waals surface area (Å²) in [4.78, 5) is 39.4. The van der Waals surface area contributed by atoms with Crippen LogP contribution in [0, 0.1) is 0 Å². The second-order valence-corrected chi connectivity index (χ2v) is 5.60. The number of furan rings is 1. The van der Waals surface area contributed by atoms with Crippen molar-refractivity contribution in [3.63, 3.8) is 0 Å². The zero-order valence-corrected chi connectivity index (χ0v) is 13.4. The molecular formula is C17H13N5O4. The molecule has 0 aliphatic carbocycles. The molecule has 26 heavy (non-hydrogen) atoms. The van der Waals surface area contributed by atoms with Gasteiger partial charge >= 0.3 is 5.69 Å². The normalized spacial score (nSPS) is 10.9. The third kappa shape index (κ3) is 2.81. The number of amides is 1. The second kappa shape index (κ2) is 6.20. The van der Waals surface area contributed by atoms with Gasteiger partial charge in [0.15, 0.2) is 0 Å². The molecule has 0 bridgehead atoms. The number of carbonyl (C=O) groups excluding carboxylic acids is 1. The van der Waals surface area contributed by atoms with Crippen molar-refractivity contribution in [1.29, 1.82) is 0 Å². The van der Waals surface area contributed by atoms with Crippen LogP contribution in [0.25, 0.3) is 10.9 Å². The molecule has 0 unspecified atom stereocenters. The van der Waals surface area contributed by atoms with E-state index >= 15 is 0 Å². The van der Waals surface area contributed by atoms with E-state index in [0.717, 1.165) is 21.7 Å². The molecule has 9 heteroatoms. The largest absolute Gasteiger partial charge is 0.467 e. The molecule has 0 aliphatic rings. The first-order valence-corrected chi connectivity index (χ1v) is 7.71. The van der Waals surface area contributed by atoms with Crippen LogP contribution in [0.1, 0.15) is 16.1 Å². The van der Waals surface area contributed by atoms with Crippen molar-refractivity contribution in [3.05, 3.63) is 81.2 Å². The molecular weight excluding hydrogens is 338 g/mol. The Labute approximate surface area is 145 Å². The maximum absolute atomic E-state index is 12.5. The molecule has 0 fully saturated rings. The van der Waals surface area contributed by atoms with E-state index in [1.54, 1.807) is 36.5 Å². The summed E-state index contributed by atoms with van der Waals surface area (Å²) < 4.78 is 6.06. The molecule has 0 saturated heterocycles. The number of benzene rings is 1. The second-order valence-electron chi connectivity index (χ2n) is 5.60. The van der Waals surface area contributed by atoms with Gasteiger partial charge in [-0.2, -0.15) is 5.10 Å². The molecule has 3 heterocycles. The maximum atomic E-state index is 12.5. The van der Waals surface area contributed by atoms with Crippen LogP contribution in [0.4, 0.5) is 5.69 Å². The topological polar surface area (TPSA) is 126 Å². The molecule has 4 aromatic rings. The van der Waals surface area contributed by atoms with Gasteiger partial charge in [0.2, 0.25) is 0 Å². The Hall–Kier alpha value is -3.88. The van der Waals surface area contributed by atoms with Crippen LogP contribution in [0.15, 0.2) is 63.0 Å². The van der Waals surface area contributed by atoms with E-state index in [4.69, 9.17) is 4.42 Å². The summed E-state index contributed by atoms with van der Waals surface area (Å²) >= 11 is 0. The molecule has 0 saturated carbocycles. The average Bonchev–Trinajstić information content (AvgIpc) is 3.29. The Balaban J connectivity index is 1.65. The molecule has 0 aliphatic heterocycles. The van der Waals surface area contributed by atoms with Gasteiger partial charge in [-0.05, 0) is 30.3 Å². The fourth-order valence-corrected chi connectivity index (χ4v) is 2.59. The van der Waals surface area contributed by atoms with Crippen molar-refractivity contribution < 1.29 is 9.21 Å². The molecule has 0 spiro atoms. The van der Waals surface area contributed by atoms with Crippen molar-refractivity contribution in [2.45, 2.75) is 6.54 Å². The quantitative estimate of drug-likeness (QED) is 0.511. The van der Waals surface area contributed by atoms with Crippen molar-refractivity contribution in [1.82, 2.24) is 19.7 Å². The van der Waals surface area contributed by atoms with Crippen LogP contribution >= 0.6 is 0 Å². The number of fused-ring (bicyclic) bond motifs is 1. The minimum absolute atomic E-state index is 0.0671. The first-order valence-electron chi connectivity index (χ1n) is 7.71. The minimum atomic E-state index is -0.703. The number of aromatic nitrogens is 4. The average molecular weight is 351 g/mol. The molecule has 9 nitrogen and oxygen atoms in total. The van der Waals surface area contributed by atoms with E-state index in [1.807, 2.05) is 0 Å². The smallest absolute Gasteiger partial charge is 0.328 e. The lowest BCUT2D eigenvalue weighted by Crippen LogP contribution is -2.39. The molecule has 3 aromatic heterocycles. The lowest BCUT2D eigenvalue weighted by atomic mass is 10.2. The van der Waals surface area contributed by atoms with Crippen LogP contribution in [-0.4, -0.2) is 25.7 Å². The maximum Gasteiger partial charge on any atom is 0.328 e. The summed E-state index contributed by atoms with van der Waals surface area (Å²) in [6, 6.07) is 8.47. The van der Waals surface area contributed by atoms with Gasteiger partial charge in [-0.3, -0.25) is 19.3 Å². The number of rotatable bonds is 4. The van der Waals surface area contributed by atoms with Crippen LogP contribution in [0.3, 0.4) is 0 Å². The Kier molecular flexibility index (Phi) is 3.73. The van der Waals surface area contributed by atoms with Gasteiger partial charge < -0.3 is 14.7 Å². The summed E-state index contributed by atoms with van der Waals surface area (Å²) in [6.07, 6.45) is 4.21. The van der Waals surface area contributed by atoms with E-state index in [9.17, 15) is 14.4 Å². The SMILES string of the molecule is O=C(Nc1ccc2cn[nH]c2c1)c1c[nH]c(=O)n(Cc2ccco2)c1=O. The summed E-state index contributed by atoms with van der Waals surface area (Å²) in [7, 11) is 0. The highest BCUT2D eigenvalue weighted by Gasteiger charge is 2.16.